The molecule has 3 fully saturated rings. The van der Waals surface area contributed by atoms with E-state index in [1.807, 2.05) is 0 Å². The fourth-order valence-electron chi connectivity index (χ4n) is 5.98. The fourth-order valence-corrected chi connectivity index (χ4v) is 5.98. The van der Waals surface area contributed by atoms with E-state index in [9.17, 15) is 0 Å². The van der Waals surface area contributed by atoms with Crippen molar-refractivity contribution in [3.8, 4) is 0 Å². The standard InChI is InChI=1S/C26H38N4O/c1-4-19(2)20(3)30(21-10-5-6-11-21)25-27-23-13-8-7-12-22(23)24(28-25)29-16-15-26(18-29)14-9-17-31-26/h7-8,12-13,19-21H,4-6,9-11,14-18H2,1-3H3. The van der Waals surface area contributed by atoms with Crippen LogP contribution in [0.25, 0.3) is 10.9 Å². The van der Waals surface area contributed by atoms with Crippen LogP contribution in [0, 0.1) is 5.92 Å². The Hall–Kier alpha value is -1.88. The first-order valence-corrected chi connectivity index (χ1v) is 12.5. The highest BCUT2D eigenvalue weighted by Gasteiger charge is 2.43. The molecule has 1 spiro atoms. The summed E-state index contributed by atoms with van der Waals surface area (Å²) in [5.74, 6) is 2.65. The van der Waals surface area contributed by atoms with Crippen molar-refractivity contribution < 1.29 is 4.74 Å². The molecular formula is C26H38N4O. The van der Waals surface area contributed by atoms with Gasteiger partial charge in [-0.3, -0.25) is 0 Å². The number of para-hydroxylation sites is 1. The highest BCUT2D eigenvalue weighted by atomic mass is 16.5. The lowest BCUT2D eigenvalue weighted by molar-refractivity contribution is 0.0231. The van der Waals surface area contributed by atoms with Crippen molar-refractivity contribution in [3.05, 3.63) is 24.3 Å². The second-order valence-corrected chi connectivity index (χ2v) is 10.1. The van der Waals surface area contributed by atoms with Gasteiger partial charge in [0.25, 0.3) is 0 Å². The summed E-state index contributed by atoms with van der Waals surface area (Å²) in [5, 5.41) is 1.17. The van der Waals surface area contributed by atoms with E-state index in [0.29, 0.717) is 18.0 Å². The third-order valence-corrected chi connectivity index (χ3v) is 8.23. The quantitative estimate of drug-likeness (QED) is 0.608. The molecule has 168 valence electrons. The van der Waals surface area contributed by atoms with E-state index in [0.717, 1.165) is 43.4 Å². The molecule has 2 aliphatic heterocycles. The van der Waals surface area contributed by atoms with Gasteiger partial charge in [-0.25, -0.2) is 4.98 Å². The van der Waals surface area contributed by atoms with Crippen LogP contribution in [-0.2, 0) is 4.74 Å². The zero-order valence-corrected chi connectivity index (χ0v) is 19.5. The van der Waals surface area contributed by atoms with Crippen molar-refractivity contribution in [1.29, 1.82) is 0 Å². The van der Waals surface area contributed by atoms with Gasteiger partial charge in [-0.1, -0.05) is 45.2 Å². The van der Waals surface area contributed by atoms with E-state index in [1.54, 1.807) is 0 Å². The van der Waals surface area contributed by atoms with Gasteiger partial charge in [-0.05, 0) is 57.1 Å². The van der Waals surface area contributed by atoms with Crippen LogP contribution in [0.5, 0.6) is 0 Å². The van der Waals surface area contributed by atoms with Gasteiger partial charge in [0.15, 0.2) is 0 Å². The van der Waals surface area contributed by atoms with Crippen LogP contribution in [0.15, 0.2) is 24.3 Å². The molecule has 3 unspecified atom stereocenters. The fraction of sp³-hybridized carbons (Fsp3) is 0.692. The zero-order chi connectivity index (χ0) is 21.4. The Morgan fingerprint density at radius 2 is 1.94 bits per heavy atom. The monoisotopic (exact) mass is 422 g/mol. The van der Waals surface area contributed by atoms with E-state index >= 15 is 0 Å². The predicted molar refractivity (Wildman–Crippen MR) is 128 cm³/mol. The molecule has 5 rings (SSSR count). The number of nitrogens with zero attached hydrogens (tertiary/aromatic N) is 4. The van der Waals surface area contributed by atoms with Crippen LogP contribution in [0.3, 0.4) is 0 Å². The van der Waals surface area contributed by atoms with Gasteiger partial charge in [0, 0.05) is 37.2 Å². The lowest BCUT2D eigenvalue weighted by atomic mass is 9.97. The molecule has 1 saturated carbocycles. The molecule has 1 aromatic heterocycles. The maximum absolute atomic E-state index is 6.21. The molecule has 3 aliphatic rings. The minimum Gasteiger partial charge on any atom is -0.373 e. The van der Waals surface area contributed by atoms with Crippen molar-refractivity contribution >= 4 is 22.7 Å². The number of fused-ring (bicyclic) bond motifs is 1. The number of benzene rings is 1. The molecule has 1 aromatic carbocycles. The topological polar surface area (TPSA) is 41.5 Å². The van der Waals surface area contributed by atoms with Crippen LogP contribution < -0.4 is 9.80 Å². The number of hydrogen-bond acceptors (Lipinski definition) is 5. The van der Waals surface area contributed by atoms with Crippen LogP contribution in [0.4, 0.5) is 11.8 Å². The highest BCUT2D eigenvalue weighted by molar-refractivity contribution is 5.90. The Bertz CT molecular complexity index is 903. The molecule has 2 aromatic rings. The summed E-state index contributed by atoms with van der Waals surface area (Å²) in [4.78, 5) is 15.5. The van der Waals surface area contributed by atoms with Gasteiger partial charge in [-0.2, -0.15) is 4.98 Å². The van der Waals surface area contributed by atoms with E-state index < -0.39 is 0 Å². The average molecular weight is 423 g/mol. The smallest absolute Gasteiger partial charge is 0.228 e. The van der Waals surface area contributed by atoms with Crippen LogP contribution in [-0.4, -0.2) is 47.3 Å². The Labute approximate surface area is 187 Å². The van der Waals surface area contributed by atoms with E-state index in [2.05, 4.69) is 54.8 Å². The molecule has 5 nitrogen and oxygen atoms in total. The van der Waals surface area contributed by atoms with Gasteiger partial charge in [-0.15, -0.1) is 0 Å². The predicted octanol–water partition coefficient (Wildman–Crippen LogP) is 5.57. The molecule has 5 heteroatoms. The third-order valence-electron chi connectivity index (χ3n) is 8.23. The van der Waals surface area contributed by atoms with Gasteiger partial charge < -0.3 is 14.5 Å². The summed E-state index contributed by atoms with van der Waals surface area (Å²) in [5.41, 5.74) is 1.11. The molecule has 2 saturated heterocycles. The van der Waals surface area contributed by atoms with Gasteiger partial charge in [0.05, 0.1) is 11.1 Å². The SMILES string of the molecule is CCC(C)C(C)N(c1nc(N2CCC3(CCCO3)C2)c2ccccc2n1)C1CCCC1. The Morgan fingerprint density at radius 1 is 1.13 bits per heavy atom. The van der Waals surface area contributed by atoms with Crippen LogP contribution in [0.2, 0.25) is 0 Å². The Balaban J connectivity index is 1.56. The maximum Gasteiger partial charge on any atom is 0.228 e. The molecule has 0 N–H and O–H groups in total. The van der Waals surface area contributed by atoms with Crippen molar-refractivity contribution in [2.75, 3.05) is 29.5 Å². The zero-order valence-electron chi connectivity index (χ0n) is 19.5. The summed E-state index contributed by atoms with van der Waals surface area (Å²) in [6.45, 7) is 9.93. The number of ether oxygens (including phenoxy) is 1. The van der Waals surface area contributed by atoms with Gasteiger partial charge in [0.1, 0.15) is 5.82 Å². The first-order chi connectivity index (χ1) is 15.1. The van der Waals surface area contributed by atoms with E-state index in [-0.39, 0.29) is 5.60 Å². The molecule has 3 atom stereocenters. The van der Waals surface area contributed by atoms with Crippen LogP contribution in [0.1, 0.15) is 72.1 Å². The van der Waals surface area contributed by atoms with E-state index in [4.69, 9.17) is 14.7 Å². The first kappa shape index (κ1) is 21.0. The van der Waals surface area contributed by atoms with E-state index in [1.165, 1.54) is 50.3 Å². The summed E-state index contributed by atoms with van der Waals surface area (Å²) < 4.78 is 6.21. The minimum absolute atomic E-state index is 0.0430. The molecular weight excluding hydrogens is 384 g/mol. The van der Waals surface area contributed by atoms with Gasteiger partial charge in [0.2, 0.25) is 5.95 Å². The van der Waals surface area contributed by atoms with Crippen molar-refractivity contribution in [1.82, 2.24) is 9.97 Å². The summed E-state index contributed by atoms with van der Waals surface area (Å²) >= 11 is 0. The molecule has 0 amide bonds. The van der Waals surface area contributed by atoms with Crippen molar-refractivity contribution in [3.63, 3.8) is 0 Å². The number of hydrogen-bond donors (Lipinski definition) is 0. The Morgan fingerprint density at radius 3 is 2.68 bits per heavy atom. The van der Waals surface area contributed by atoms with Crippen LogP contribution >= 0.6 is 0 Å². The molecule has 3 heterocycles. The first-order valence-electron chi connectivity index (χ1n) is 12.5. The second-order valence-electron chi connectivity index (χ2n) is 10.1. The highest BCUT2D eigenvalue weighted by Crippen LogP contribution is 2.39. The summed E-state index contributed by atoms with van der Waals surface area (Å²) in [7, 11) is 0. The van der Waals surface area contributed by atoms with Gasteiger partial charge >= 0.3 is 0 Å². The molecule has 0 bridgehead atoms. The largest absolute Gasteiger partial charge is 0.373 e. The number of rotatable bonds is 6. The second kappa shape index (κ2) is 8.57. The molecule has 1 aliphatic carbocycles. The number of anilines is 2. The maximum atomic E-state index is 6.21. The molecule has 0 radical (unpaired) electrons. The normalized spacial score (nSPS) is 26.2. The lowest BCUT2D eigenvalue weighted by Crippen LogP contribution is -2.45. The average Bonchev–Trinajstić information content (AvgIpc) is 3.56. The summed E-state index contributed by atoms with van der Waals surface area (Å²) in [6, 6.07) is 9.55. The molecule has 31 heavy (non-hydrogen) atoms. The number of aromatic nitrogens is 2. The Kier molecular flexibility index (Phi) is 5.80. The lowest BCUT2D eigenvalue weighted by Gasteiger charge is -2.38. The summed E-state index contributed by atoms with van der Waals surface area (Å²) in [6.07, 6.45) is 9.80. The third kappa shape index (κ3) is 3.90. The van der Waals surface area contributed by atoms with Crippen molar-refractivity contribution in [2.24, 2.45) is 5.92 Å². The van der Waals surface area contributed by atoms with Crippen molar-refractivity contribution in [2.45, 2.75) is 89.8 Å². The minimum atomic E-state index is 0.0430.